The molecule has 0 radical (unpaired) electrons. The van der Waals surface area contributed by atoms with Crippen molar-refractivity contribution in [3.63, 3.8) is 0 Å². The number of aromatic carboxylic acids is 1. The number of benzene rings is 1. The Morgan fingerprint density at radius 3 is 2.70 bits per heavy atom. The first kappa shape index (κ1) is 15.9. The second-order valence-corrected chi connectivity index (χ2v) is 3.84. The number of aliphatic hydroxyl groups is 1. The van der Waals surface area contributed by atoms with E-state index < -0.39 is 28.2 Å². The maximum Gasteiger partial charge on any atom is 0.346 e. The van der Waals surface area contributed by atoms with E-state index in [1.807, 2.05) is 0 Å². The summed E-state index contributed by atoms with van der Waals surface area (Å²) in [5, 5.41) is 29.3. The molecular formula is C12H15NO7. The van der Waals surface area contributed by atoms with Gasteiger partial charge in [0, 0.05) is 12.7 Å². The van der Waals surface area contributed by atoms with Gasteiger partial charge in [-0.25, -0.2) is 4.79 Å². The van der Waals surface area contributed by atoms with Crippen molar-refractivity contribution in [2.24, 2.45) is 0 Å². The van der Waals surface area contributed by atoms with Crippen molar-refractivity contribution in [2.45, 2.75) is 13.0 Å². The molecule has 1 unspecified atom stereocenters. The van der Waals surface area contributed by atoms with Crippen LogP contribution in [0, 0.1) is 10.1 Å². The van der Waals surface area contributed by atoms with Crippen molar-refractivity contribution in [1.29, 1.82) is 0 Å². The molecule has 1 aromatic carbocycles. The van der Waals surface area contributed by atoms with Gasteiger partial charge in [0.25, 0.3) is 5.69 Å². The van der Waals surface area contributed by atoms with Gasteiger partial charge < -0.3 is 19.7 Å². The average Bonchev–Trinajstić information content (AvgIpc) is 2.41. The molecule has 0 heterocycles. The number of hydrogen-bond acceptors (Lipinski definition) is 6. The first-order chi connectivity index (χ1) is 9.47. The minimum Gasteiger partial charge on any atom is -0.490 e. The summed E-state index contributed by atoms with van der Waals surface area (Å²) in [6.45, 7) is 2.00. The number of hydrogen-bond donors (Lipinski definition) is 2. The molecule has 0 saturated heterocycles. The monoisotopic (exact) mass is 285 g/mol. The smallest absolute Gasteiger partial charge is 0.346 e. The molecule has 8 heteroatoms. The molecule has 0 aliphatic heterocycles. The molecule has 110 valence electrons. The SMILES string of the molecule is CCOCC(O)COc1cccc([N+](=O)[O-])c1C(=O)O. The van der Waals surface area contributed by atoms with E-state index in [9.17, 15) is 20.0 Å². The van der Waals surface area contributed by atoms with Crippen molar-refractivity contribution in [1.82, 2.24) is 0 Å². The van der Waals surface area contributed by atoms with Gasteiger partial charge in [-0.3, -0.25) is 10.1 Å². The summed E-state index contributed by atoms with van der Waals surface area (Å²) in [5.41, 5.74) is -1.10. The maximum absolute atomic E-state index is 11.1. The molecule has 0 aromatic heterocycles. The van der Waals surface area contributed by atoms with Gasteiger partial charge in [0.15, 0.2) is 5.56 Å². The van der Waals surface area contributed by atoms with E-state index in [0.29, 0.717) is 6.61 Å². The molecule has 0 aliphatic carbocycles. The second-order valence-electron chi connectivity index (χ2n) is 3.84. The van der Waals surface area contributed by atoms with Gasteiger partial charge in [0.2, 0.25) is 0 Å². The molecule has 0 amide bonds. The number of nitro groups is 1. The van der Waals surface area contributed by atoms with E-state index in [4.69, 9.17) is 14.6 Å². The van der Waals surface area contributed by atoms with Crippen molar-refractivity contribution in [2.75, 3.05) is 19.8 Å². The number of nitrogens with zero attached hydrogens (tertiary/aromatic N) is 1. The van der Waals surface area contributed by atoms with Gasteiger partial charge in [-0.2, -0.15) is 0 Å². The highest BCUT2D eigenvalue weighted by Crippen LogP contribution is 2.28. The third-order valence-corrected chi connectivity index (χ3v) is 2.36. The molecule has 0 saturated carbocycles. The van der Waals surface area contributed by atoms with E-state index in [1.54, 1.807) is 6.92 Å². The number of carboxylic acid groups (broad SMARTS) is 1. The topological polar surface area (TPSA) is 119 Å². The van der Waals surface area contributed by atoms with Crippen LogP contribution in [0.2, 0.25) is 0 Å². The van der Waals surface area contributed by atoms with E-state index >= 15 is 0 Å². The molecule has 1 aromatic rings. The maximum atomic E-state index is 11.1. The van der Waals surface area contributed by atoms with Crippen molar-refractivity contribution >= 4 is 11.7 Å². The second kappa shape index (κ2) is 7.41. The van der Waals surface area contributed by atoms with Crippen LogP contribution in [-0.2, 0) is 4.74 Å². The van der Waals surface area contributed by atoms with Crippen LogP contribution in [0.3, 0.4) is 0 Å². The Bertz CT molecular complexity index is 489. The molecule has 0 fully saturated rings. The summed E-state index contributed by atoms with van der Waals surface area (Å²) < 4.78 is 10.1. The fourth-order valence-electron chi connectivity index (χ4n) is 1.49. The Hall–Kier alpha value is -2.19. The summed E-state index contributed by atoms with van der Waals surface area (Å²) in [7, 11) is 0. The molecule has 1 rings (SSSR count). The lowest BCUT2D eigenvalue weighted by atomic mass is 10.1. The predicted molar refractivity (Wildman–Crippen MR) is 68.1 cm³/mol. The highest BCUT2D eigenvalue weighted by atomic mass is 16.6. The van der Waals surface area contributed by atoms with Crippen molar-refractivity contribution in [3.8, 4) is 5.75 Å². The summed E-state index contributed by atoms with van der Waals surface area (Å²) in [4.78, 5) is 21.1. The lowest BCUT2D eigenvalue weighted by molar-refractivity contribution is -0.385. The quantitative estimate of drug-likeness (QED) is 0.541. The molecule has 8 nitrogen and oxygen atoms in total. The molecule has 0 aliphatic rings. The number of carboxylic acids is 1. The summed E-state index contributed by atoms with van der Waals surface area (Å²) in [5.74, 6) is -1.63. The van der Waals surface area contributed by atoms with E-state index in [0.717, 1.165) is 6.07 Å². The minimum absolute atomic E-state index is 0.0355. The fraction of sp³-hybridized carbons (Fsp3) is 0.417. The lowest BCUT2D eigenvalue weighted by Gasteiger charge is -2.13. The van der Waals surface area contributed by atoms with E-state index in [1.165, 1.54) is 12.1 Å². The Balaban J connectivity index is 2.87. The summed E-state index contributed by atoms with van der Waals surface area (Å²) in [6, 6.07) is 3.69. The molecule has 0 bridgehead atoms. The lowest BCUT2D eigenvalue weighted by Crippen LogP contribution is -2.24. The molecule has 0 spiro atoms. The zero-order valence-electron chi connectivity index (χ0n) is 10.8. The Morgan fingerprint density at radius 1 is 1.45 bits per heavy atom. The van der Waals surface area contributed by atoms with Crippen LogP contribution in [0.1, 0.15) is 17.3 Å². The van der Waals surface area contributed by atoms with Crippen LogP contribution in [0.5, 0.6) is 5.75 Å². The van der Waals surface area contributed by atoms with Crippen molar-refractivity contribution < 1.29 is 29.4 Å². The normalized spacial score (nSPS) is 11.9. The number of nitro benzene ring substituents is 1. The average molecular weight is 285 g/mol. The third-order valence-electron chi connectivity index (χ3n) is 2.36. The first-order valence-electron chi connectivity index (χ1n) is 5.86. The third kappa shape index (κ3) is 4.18. The van der Waals surface area contributed by atoms with Crippen LogP contribution < -0.4 is 4.74 Å². The van der Waals surface area contributed by atoms with Crippen LogP contribution in [0.4, 0.5) is 5.69 Å². The number of rotatable bonds is 8. The van der Waals surface area contributed by atoms with Crippen LogP contribution >= 0.6 is 0 Å². The van der Waals surface area contributed by atoms with Crippen LogP contribution in [-0.4, -0.2) is 47.0 Å². The van der Waals surface area contributed by atoms with Gasteiger partial charge in [-0.05, 0) is 13.0 Å². The number of carbonyl (C=O) groups is 1. The first-order valence-corrected chi connectivity index (χ1v) is 5.86. The summed E-state index contributed by atoms with van der Waals surface area (Å²) >= 11 is 0. The number of ether oxygens (including phenoxy) is 2. The highest BCUT2D eigenvalue weighted by Gasteiger charge is 2.25. The number of aliphatic hydroxyl groups excluding tert-OH is 1. The van der Waals surface area contributed by atoms with E-state index in [2.05, 4.69) is 0 Å². The molecule has 1 atom stereocenters. The Labute approximate surface area is 114 Å². The van der Waals surface area contributed by atoms with Gasteiger partial charge in [-0.1, -0.05) is 6.07 Å². The zero-order chi connectivity index (χ0) is 15.1. The standard InChI is InChI=1S/C12H15NO7/c1-2-19-6-8(14)7-20-10-5-3-4-9(13(17)18)11(10)12(15)16/h3-5,8,14H,2,6-7H2,1H3,(H,15,16). The van der Waals surface area contributed by atoms with Crippen LogP contribution in [0.25, 0.3) is 0 Å². The fourth-order valence-corrected chi connectivity index (χ4v) is 1.49. The van der Waals surface area contributed by atoms with Gasteiger partial charge in [0.1, 0.15) is 18.5 Å². The molecular weight excluding hydrogens is 270 g/mol. The van der Waals surface area contributed by atoms with Crippen LogP contribution in [0.15, 0.2) is 18.2 Å². The predicted octanol–water partition coefficient (Wildman–Crippen LogP) is 1.07. The van der Waals surface area contributed by atoms with Gasteiger partial charge in [0.05, 0.1) is 11.5 Å². The Kier molecular flexibility index (Phi) is 5.88. The largest absolute Gasteiger partial charge is 0.490 e. The zero-order valence-corrected chi connectivity index (χ0v) is 10.8. The summed E-state index contributed by atoms with van der Waals surface area (Å²) in [6.07, 6.45) is -0.948. The molecule has 2 N–H and O–H groups in total. The highest BCUT2D eigenvalue weighted by molar-refractivity contribution is 5.95. The van der Waals surface area contributed by atoms with Crippen molar-refractivity contribution in [3.05, 3.63) is 33.9 Å². The Morgan fingerprint density at radius 2 is 2.15 bits per heavy atom. The van der Waals surface area contributed by atoms with Gasteiger partial charge in [-0.15, -0.1) is 0 Å². The minimum atomic E-state index is -1.47. The van der Waals surface area contributed by atoms with Gasteiger partial charge >= 0.3 is 5.97 Å². The molecule has 20 heavy (non-hydrogen) atoms. The van der Waals surface area contributed by atoms with E-state index in [-0.39, 0.29) is 19.0 Å².